The van der Waals surface area contributed by atoms with Gasteiger partial charge in [0, 0.05) is 6.07 Å². The smallest absolute Gasteiger partial charge is 0.314 e. The number of carbonyl (C=O) groups is 1. The van der Waals surface area contributed by atoms with E-state index in [1.54, 1.807) is 18.3 Å². The summed E-state index contributed by atoms with van der Waals surface area (Å²) in [6.45, 7) is 5.19. The van der Waals surface area contributed by atoms with Crippen LogP contribution in [0.15, 0.2) is 18.3 Å². The number of aromatic nitrogens is 1. The zero-order valence-electron chi connectivity index (χ0n) is 20.5. The van der Waals surface area contributed by atoms with Gasteiger partial charge in [-0.1, -0.05) is 65.2 Å². The third-order valence-electron chi connectivity index (χ3n) is 7.80. The van der Waals surface area contributed by atoms with Crippen molar-refractivity contribution in [3.63, 3.8) is 0 Å². The average Bonchev–Trinajstić information content (AvgIpc) is 2.84. The molecule has 0 atom stereocenters. The van der Waals surface area contributed by atoms with Crippen LogP contribution in [0.5, 0.6) is 11.6 Å². The summed E-state index contributed by atoms with van der Waals surface area (Å²) in [4.78, 5) is 17.0. The summed E-state index contributed by atoms with van der Waals surface area (Å²) in [5.74, 6) is 3.78. The number of ether oxygens (including phenoxy) is 2. The molecular weight excluding hydrogens is 398 g/mol. The average molecular weight is 444 g/mol. The second-order valence-corrected chi connectivity index (χ2v) is 10.2. The van der Waals surface area contributed by atoms with Gasteiger partial charge in [-0.15, -0.1) is 0 Å². The summed E-state index contributed by atoms with van der Waals surface area (Å²) in [7, 11) is 0. The summed E-state index contributed by atoms with van der Waals surface area (Å²) >= 11 is 0. The molecule has 0 saturated heterocycles. The maximum absolute atomic E-state index is 12.7. The third-order valence-corrected chi connectivity index (χ3v) is 7.80. The number of hydrogen-bond donors (Lipinski definition) is 0. The predicted molar refractivity (Wildman–Crippen MR) is 130 cm³/mol. The van der Waals surface area contributed by atoms with E-state index in [-0.39, 0.29) is 11.9 Å². The van der Waals surface area contributed by atoms with E-state index in [1.807, 2.05) is 0 Å². The first-order chi connectivity index (χ1) is 15.7. The number of unbranched alkanes of at least 4 members (excludes halogenated alkanes) is 4. The molecule has 1 heterocycles. The first-order valence-electron chi connectivity index (χ1n) is 13.5. The minimum absolute atomic E-state index is 0.0432. The molecule has 1 aromatic rings. The largest absolute Gasteiger partial charge is 0.478 e. The van der Waals surface area contributed by atoms with Gasteiger partial charge < -0.3 is 9.47 Å². The summed E-state index contributed by atoms with van der Waals surface area (Å²) < 4.78 is 11.3. The van der Waals surface area contributed by atoms with E-state index in [0.717, 1.165) is 37.0 Å². The topological polar surface area (TPSA) is 48.4 Å². The van der Waals surface area contributed by atoms with Crippen molar-refractivity contribution in [2.75, 3.05) is 6.61 Å². The second-order valence-electron chi connectivity index (χ2n) is 10.2. The van der Waals surface area contributed by atoms with Crippen LogP contribution >= 0.6 is 0 Å². The molecule has 0 unspecified atom stereocenters. The predicted octanol–water partition coefficient (Wildman–Crippen LogP) is 7.75. The van der Waals surface area contributed by atoms with E-state index >= 15 is 0 Å². The van der Waals surface area contributed by atoms with Crippen molar-refractivity contribution in [1.29, 1.82) is 0 Å². The van der Waals surface area contributed by atoms with Gasteiger partial charge in [-0.3, -0.25) is 4.79 Å². The lowest BCUT2D eigenvalue weighted by molar-refractivity contribution is -0.140. The standard InChI is InChI=1S/C28H45NO3/c1-3-5-7-8-20-31-27-19-18-26(21-29-27)32-28(30)25-16-14-24(15-17-25)23-12-10-22(11-13-23)9-6-4-2/h18-19,21-25H,3-17,20H2,1-2H3/t22-,23-,24-,25-. The Labute approximate surface area is 195 Å². The molecule has 0 aromatic carbocycles. The van der Waals surface area contributed by atoms with E-state index in [9.17, 15) is 4.79 Å². The minimum atomic E-state index is -0.0817. The van der Waals surface area contributed by atoms with Gasteiger partial charge in [0.15, 0.2) is 0 Å². The molecule has 2 fully saturated rings. The van der Waals surface area contributed by atoms with Gasteiger partial charge in [0.1, 0.15) is 5.75 Å². The van der Waals surface area contributed by atoms with Crippen LogP contribution in [-0.4, -0.2) is 17.6 Å². The molecule has 2 aliphatic carbocycles. The van der Waals surface area contributed by atoms with Crippen LogP contribution < -0.4 is 9.47 Å². The fourth-order valence-corrected chi connectivity index (χ4v) is 5.68. The van der Waals surface area contributed by atoms with Crippen LogP contribution in [0, 0.1) is 23.7 Å². The lowest BCUT2D eigenvalue weighted by Gasteiger charge is -2.37. The summed E-state index contributed by atoms with van der Waals surface area (Å²) in [6, 6.07) is 3.60. The molecule has 0 N–H and O–H groups in total. The Kier molecular flexibility index (Phi) is 10.8. The van der Waals surface area contributed by atoms with E-state index in [2.05, 4.69) is 18.8 Å². The van der Waals surface area contributed by atoms with E-state index in [0.29, 0.717) is 18.2 Å². The molecule has 0 bridgehead atoms. The highest BCUT2D eigenvalue weighted by Gasteiger charge is 2.33. The molecule has 2 saturated carbocycles. The zero-order valence-corrected chi connectivity index (χ0v) is 20.5. The zero-order chi connectivity index (χ0) is 22.6. The molecule has 0 amide bonds. The SMILES string of the molecule is CCCCCCOc1ccc(OC(=O)[C@H]2CC[C@H]([C@H]3CC[C@H](CCCC)CC3)CC2)cn1. The molecule has 0 radical (unpaired) electrons. The van der Waals surface area contributed by atoms with Crippen molar-refractivity contribution in [1.82, 2.24) is 4.98 Å². The first kappa shape index (κ1) is 25.1. The Morgan fingerprint density at radius 3 is 2.19 bits per heavy atom. The summed E-state index contributed by atoms with van der Waals surface area (Å²) in [5.41, 5.74) is 0. The van der Waals surface area contributed by atoms with Crippen LogP contribution in [0.25, 0.3) is 0 Å². The second kappa shape index (κ2) is 13.9. The molecule has 4 heteroatoms. The quantitative estimate of drug-likeness (QED) is 0.245. The van der Waals surface area contributed by atoms with Crippen molar-refractivity contribution in [3.8, 4) is 11.6 Å². The molecule has 32 heavy (non-hydrogen) atoms. The highest BCUT2D eigenvalue weighted by molar-refractivity contribution is 5.75. The van der Waals surface area contributed by atoms with Crippen LogP contribution in [0.3, 0.4) is 0 Å². The van der Waals surface area contributed by atoms with Gasteiger partial charge in [0.05, 0.1) is 18.7 Å². The van der Waals surface area contributed by atoms with Crippen molar-refractivity contribution in [3.05, 3.63) is 18.3 Å². The Bertz CT molecular complexity index is 643. The van der Waals surface area contributed by atoms with Crippen LogP contribution in [0.4, 0.5) is 0 Å². The normalized spacial score (nSPS) is 25.9. The Morgan fingerprint density at radius 2 is 1.56 bits per heavy atom. The molecular formula is C28H45NO3. The third kappa shape index (κ3) is 8.08. The van der Waals surface area contributed by atoms with Crippen molar-refractivity contribution in [2.45, 2.75) is 110 Å². The summed E-state index contributed by atoms with van der Waals surface area (Å²) in [5, 5.41) is 0. The number of esters is 1. The number of pyridine rings is 1. The van der Waals surface area contributed by atoms with Gasteiger partial charge in [-0.2, -0.15) is 0 Å². The van der Waals surface area contributed by atoms with E-state index in [1.165, 1.54) is 77.0 Å². The highest BCUT2D eigenvalue weighted by Crippen LogP contribution is 2.42. The first-order valence-corrected chi connectivity index (χ1v) is 13.5. The number of rotatable bonds is 12. The monoisotopic (exact) mass is 443 g/mol. The minimum Gasteiger partial charge on any atom is -0.478 e. The van der Waals surface area contributed by atoms with E-state index < -0.39 is 0 Å². The lowest BCUT2D eigenvalue weighted by atomic mass is 9.68. The lowest BCUT2D eigenvalue weighted by Crippen LogP contribution is -2.30. The Balaban J connectivity index is 1.34. The van der Waals surface area contributed by atoms with Gasteiger partial charge in [0.25, 0.3) is 0 Å². The Morgan fingerprint density at radius 1 is 0.875 bits per heavy atom. The molecule has 4 nitrogen and oxygen atoms in total. The highest BCUT2D eigenvalue weighted by atomic mass is 16.5. The van der Waals surface area contributed by atoms with Gasteiger partial charge in [-0.05, 0) is 68.8 Å². The number of hydrogen-bond acceptors (Lipinski definition) is 4. The molecule has 3 rings (SSSR count). The van der Waals surface area contributed by atoms with Crippen LogP contribution in [0.2, 0.25) is 0 Å². The maximum atomic E-state index is 12.7. The molecule has 180 valence electrons. The Hall–Kier alpha value is -1.58. The van der Waals surface area contributed by atoms with E-state index in [4.69, 9.17) is 9.47 Å². The maximum Gasteiger partial charge on any atom is 0.314 e. The number of nitrogens with zero attached hydrogens (tertiary/aromatic N) is 1. The van der Waals surface area contributed by atoms with Gasteiger partial charge >= 0.3 is 5.97 Å². The summed E-state index contributed by atoms with van der Waals surface area (Å²) in [6.07, 6.45) is 20.5. The van der Waals surface area contributed by atoms with Gasteiger partial charge in [-0.25, -0.2) is 4.98 Å². The fourth-order valence-electron chi connectivity index (χ4n) is 5.68. The van der Waals surface area contributed by atoms with Crippen LogP contribution in [-0.2, 0) is 4.79 Å². The van der Waals surface area contributed by atoms with Gasteiger partial charge in [0.2, 0.25) is 5.88 Å². The van der Waals surface area contributed by atoms with Crippen molar-refractivity contribution < 1.29 is 14.3 Å². The van der Waals surface area contributed by atoms with Crippen molar-refractivity contribution >= 4 is 5.97 Å². The molecule has 0 spiro atoms. The van der Waals surface area contributed by atoms with Crippen LogP contribution in [0.1, 0.15) is 110 Å². The fraction of sp³-hybridized carbons (Fsp3) is 0.786. The molecule has 1 aromatic heterocycles. The number of carbonyl (C=O) groups excluding carboxylic acids is 1. The molecule has 2 aliphatic rings. The molecule has 0 aliphatic heterocycles. The van der Waals surface area contributed by atoms with Crippen molar-refractivity contribution in [2.24, 2.45) is 23.7 Å².